The molecule has 0 bridgehead atoms. The molecule has 0 saturated carbocycles. The molecule has 1 heterocycles. The van der Waals surface area contributed by atoms with Gasteiger partial charge in [0.25, 0.3) is 6.10 Å². The normalized spacial score (nSPS) is 12.8. The molecule has 0 amide bonds. The van der Waals surface area contributed by atoms with Gasteiger partial charge in [0.05, 0.1) is 5.56 Å². The third-order valence-electron chi connectivity index (χ3n) is 2.18. The van der Waals surface area contributed by atoms with E-state index in [1.54, 1.807) is 6.92 Å². The molecule has 20 heavy (non-hydrogen) atoms. The summed E-state index contributed by atoms with van der Waals surface area (Å²) in [7, 11) is 0. The van der Waals surface area contributed by atoms with Gasteiger partial charge in [0.2, 0.25) is 5.88 Å². The van der Waals surface area contributed by atoms with Crippen molar-refractivity contribution in [2.75, 3.05) is 0 Å². The number of hydrogen-bond acceptors (Lipinski definition) is 3. The van der Waals surface area contributed by atoms with Crippen LogP contribution in [-0.4, -0.2) is 28.4 Å². The zero-order valence-corrected chi connectivity index (χ0v) is 10.8. The topological polar surface area (TPSA) is 35.0 Å². The Morgan fingerprint density at radius 2 is 1.70 bits per heavy atom. The molecule has 10 heteroatoms. The van der Waals surface area contributed by atoms with E-state index in [2.05, 4.69) is 14.7 Å². The average molecular weight is 323 g/mol. The van der Waals surface area contributed by atoms with Gasteiger partial charge in [-0.15, -0.1) is 0 Å². The van der Waals surface area contributed by atoms with E-state index in [-0.39, 0.29) is 17.1 Å². The smallest absolute Gasteiger partial charge is 0.434 e. The summed E-state index contributed by atoms with van der Waals surface area (Å²) in [6.45, 7) is 1.66. The van der Waals surface area contributed by atoms with Crippen LogP contribution in [0, 0.1) is 0 Å². The summed E-state index contributed by atoms with van der Waals surface area (Å²) in [4.78, 5) is 6.81. The highest BCUT2D eigenvalue weighted by Gasteiger charge is 2.59. The second-order valence-electron chi connectivity index (χ2n) is 3.78. The molecule has 0 aromatic carbocycles. The molecule has 0 saturated heterocycles. The lowest BCUT2D eigenvalue weighted by Crippen LogP contribution is -2.46. The molecule has 0 aliphatic heterocycles. The van der Waals surface area contributed by atoms with E-state index >= 15 is 0 Å². The summed E-state index contributed by atoms with van der Waals surface area (Å²) in [5.41, 5.74) is -0.0878. The van der Waals surface area contributed by atoms with Gasteiger partial charge < -0.3 is 4.74 Å². The van der Waals surface area contributed by atoms with Crippen LogP contribution in [0.15, 0.2) is 6.33 Å². The summed E-state index contributed by atoms with van der Waals surface area (Å²) in [5.74, 6) is -0.813. The van der Waals surface area contributed by atoms with E-state index in [4.69, 9.17) is 11.6 Å². The molecule has 0 radical (unpaired) electrons. The average Bonchev–Trinajstić information content (AvgIpc) is 2.26. The van der Waals surface area contributed by atoms with Crippen LogP contribution >= 0.6 is 11.6 Å². The Kier molecular flexibility index (Phi) is 5.06. The lowest BCUT2D eigenvalue weighted by molar-refractivity contribution is -0.300. The molecule has 0 aliphatic rings. The second-order valence-corrected chi connectivity index (χ2v) is 4.14. The van der Waals surface area contributed by atoms with Crippen molar-refractivity contribution in [2.24, 2.45) is 0 Å². The van der Waals surface area contributed by atoms with Gasteiger partial charge in [-0.1, -0.05) is 24.9 Å². The van der Waals surface area contributed by atoms with E-state index in [0.717, 1.165) is 6.33 Å². The minimum absolute atomic E-state index is 0.0878. The lowest BCUT2D eigenvalue weighted by Gasteiger charge is -2.24. The van der Waals surface area contributed by atoms with Gasteiger partial charge in [0.1, 0.15) is 11.5 Å². The number of ether oxygens (including phenoxy) is 1. The number of alkyl halides is 6. The van der Waals surface area contributed by atoms with Gasteiger partial charge in [-0.2, -0.15) is 26.3 Å². The molecule has 1 rings (SSSR count). The highest BCUT2D eigenvalue weighted by Crippen LogP contribution is 2.37. The standard InChI is InChI=1S/C10H9ClF6N2O/c1-2-3-5-6(11)18-4-19-7(5)20-8(9(12,13)14)10(15,16)17/h4,8H,2-3H2,1H3. The maximum atomic E-state index is 12.4. The van der Waals surface area contributed by atoms with Crippen LogP contribution in [-0.2, 0) is 6.42 Å². The first kappa shape index (κ1) is 16.8. The summed E-state index contributed by atoms with van der Waals surface area (Å²) >= 11 is 5.63. The summed E-state index contributed by atoms with van der Waals surface area (Å²) in [6, 6.07) is 0. The molecule has 0 fully saturated rings. The number of halogens is 7. The van der Waals surface area contributed by atoms with Gasteiger partial charge in [-0.25, -0.2) is 9.97 Å². The van der Waals surface area contributed by atoms with Gasteiger partial charge in [0, 0.05) is 0 Å². The molecule has 0 N–H and O–H groups in total. The van der Waals surface area contributed by atoms with Crippen molar-refractivity contribution in [3.8, 4) is 5.88 Å². The van der Waals surface area contributed by atoms with Crippen LogP contribution < -0.4 is 4.74 Å². The Bertz CT molecular complexity index is 448. The molecule has 0 unspecified atom stereocenters. The zero-order chi connectivity index (χ0) is 15.6. The predicted octanol–water partition coefficient (Wildman–Crippen LogP) is 3.95. The molecule has 3 nitrogen and oxygen atoms in total. The first-order valence-corrected chi connectivity index (χ1v) is 5.74. The minimum Gasteiger partial charge on any atom is -0.454 e. The number of hydrogen-bond donors (Lipinski definition) is 0. The fraction of sp³-hybridized carbons (Fsp3) is 0.600. The molecular formula is C10H9ClF6N2O. The van der Waals surface area contributed by atoms with Crippen LogP contribution in [0.3, 0.4) is 0 Å². The van der Waals surface area contributed by atoms with Crippen LogP contribution in [0.1, 0.15) is 18.9 Å². The van der Waals surface area contributed by atoms with Gasteiger partial charge in [0.15, 0.2) is 0 Å². The Morgan fingerprint density at radius 1 is 1.15 bits per heavy atom. The predicted molar refractivity (Wildman–Crippen MR) is 57.6 cm³/mol. The Morgan fingerprint density at radius 3 is 2.15 bits per heavy atom. The van der Waals surface area contributed by atoms with E-state index in [1.165, 1.54) is 0 Å². The van der Waals surface area contributed by atoms with E-state index < -0.39 is 24.3 Å². The summed E-state index contributed by atoms with van der Waals surface area (Å²) in [6.07, 6.45) is -13.9. The first-order chi connectivity index (χ1) is 9.07. The quantitative estimate of drug-likeness (QED) is 0.622. The van der Waals surface area contributed by atoms with E-state index in [9.17, 15) is 26.3 Å². The fourth-order valence-corrected chi connectivity index (χ4v) is 1.59. The van der Waals surface area contributed by atoms with Gasteiger partial charge in [-0.05, 0) is 6.42 Å². The SMILES string of the molecule is CCCc1c(Cl)ncnc1OC(C(F)(F)F)C(F)(F)F. The number of nitrogens with zero attached hydrogens (tertiary/aromatic N) is 2. The zero-order valence-electron chi connectivity index (χ0n) is 10.0. The molecule has 0 atom stereocenters. The van der Waals surface area contributed by atoms with Crippen molar-refractivity contribution < 1.29 is 31.1 Å². The third-order valence-corrected chi connectivity index (χ3v) is 2.50. The van der Waals surface area contributed by atoms with E-state index in [1.807, 2.05) is 0 Å². The highest BCUT2D eigenvalue weighted by molar-refractivity contribution is 6.30. The molecule has 1 aromatic rings. The maximum absolute atomic E-state index is 12.4. The largest absolute Gasteiger partial charge is 0.454 e. The van der Waals surface area contributed by atoms with Crippen LogP contribution in [0.5, 0.6) is 5.88 Å². The molecule has 1 aromatic heterocycles. The van der Waals surface area contributed by atoms with Crippen molar-refractivity contribution in [2.45, 2.75) is 38.2 Å². The van der Waals surface area contributed by atoms with Crippen molar-refractivity contribution in [1.82, 2.24) is 9.97 Å². The Hall–Kier alpha value is -1.25. The Labute approximate surface area is 114 Å². The van der Waals surface area contributed by atoms with E-state index in [0.29, 0.717) is 6.42 Å². The van der Waals surface area contributed by atoms with Crippen LogP contribution in [0.2, 0.25) is 5.15 Å². The number of rotatable bonds is 4. The fourth-order valence-electron chi connectivity index (χ4n) is 1.37. The molecule has 114 valence electrons. The monoisotopic (exact) mass is 322 g/mol. The van der Waals surface area contributed by atoms with Crippen molar-refractivity contribution in [3.05, 3.63) is 17.0 Å². The Balaban J connectivity index is 3.15. The molecule has 0 aliphatic carbocycles. The van der Waals surface area contributed by atoms with Gasteiger partial charge >= 0.3 is 12.4 Å². The first-order valence-electron chi connectivity index (χ1n) is 5.36. The highest BCUT2D eigenvalue weighted by atomic mass is 35.5. The molecule has 0 spiro atoms. The maximum Gasteiger partial charge on any atom is 0.434 e. The second kappa shape index (κ2) is 6.02. The summed E-state index contributed by atoms with van der Waals surface area (Å²) in [5, 5.41) is -0.236. The third kappa shape index (κ3) is 4.12. The van der Waals surface area contributed by atoms with Crippen LogP contribution in [0.4, 0.5) is 26.3 Å². The van der Waals surface area contributed by atoms with Gasteiger partial charge in [-0.3, -0.25) is 0 Å². The van der Waals surface area contributed by atoms with Crippen molar-refractivity contribution in [1.29, 1.82) is 0 Å². The number of aromatic nitrogens is 2. The minimum atomic E-state index is -5.61. The summed E-state index contributed by atoms with van der Waals surface area (Å²) < 4.78 is 78.4. The van der Waals surface area contributed by atoms with Crippen molar-refractivity contribution in [3.63, 3.8) is 0 Å². The van der Waals surface area contributed by atoms with Crippen molar-refractivity contribution >= 4 is 11.6 Å². The lowest BCUT2D eigenvalue weighted by atomic mass is 10.2. The van der Waals surface area contributed by atoms with Crippen LogP contribution in [0.25, 0.3) is 0 Å². The molecular weight excluding hydrogens is 314 g/mol.